The van der Waals surface area contributed by atoms with Gasteiger partial charge < -0.3 is 4.98 Å². The number of fused-ring (bicyclic) bond motifs is 1. The Labute approximate surface area is 93.3 Å². The molecule has 2 aromatic rings. The zero-order valence-electron chi connectivity index (χ0n) is 8.77. The molecular weight excluding hydrogens is 228 g/mol. The zero-order valence-corrected chi connectivity index (χ0v) is 9.58. The van der Waals surface area contributed by atoms with Crippen molar-refractivity contribution in [2.75, 3.05) is 0 Å². The minimum atomic E-state index is -3.98. The number of aromatic amines is 1. The third-order valence-electron chi connectivity index (χ3n) is 2.28. The van der Waals surface area contributed by atoms with Crippen LogP contribution in [0.15, 0.2) is 18.2 Å². The molecule has 0 aliphatic heterocycles. The lowest BCUT2D eigenvalue weighted by Crippen LogP contribution is -2.01. The molecule has 0 aliphatic rings. The first kappa shape index (κ1) is 11.1. The van der Waals surface area contributed by atoms with Gasteiger partial charge in [0, 0.05) is 6.42 Å². The molecule has 0 radical (unpaired) electrons. The van der Waals surface area contributed by atoms with E-state index in [1.165, 1.54) is 0 Å². The van der Waals surface area contributed by atoms with Crippen LogP contribution >= 0.6 is 0 Å². The maximum Gasteiger partial charge on any atom is 0.269 e. The van der Waals surface area contributed by atoms with Gasteiger partial charge in [-0.25, -0.2) is 4.98 Å². The Hall–Kier alpha value is -1.40. The zero-order chi connectivity index (χ0) is 11.8. The molecule has 1 heterocycles. The van der Waals surface area contributed by atoms with Crippen molar-refractivity contribution in [1.82, 2.24) is 9.97 Å². The van der Waals surface area contributed by atoms with Gasteiger partial charge in [-0.05, 0) is 17.7 Å². The van der Waals surface area contributed by atoms with E-state index in [-0.39, 0.29) is 5.75 Å². The Bertz CT molecular complexity index is 616. The van der Waals surface area contributed by atoms with Crippen LogP contribution in [0.3, 0.4) is 0 Å². The van der Waals surface area contributed by atoms with Crippen LogP contribution in [0.1, 0.15) is 18.3 Å². The molecule has 2 rings (SSSR count). The second kappa shape index (κ2) is 3.88. The average Bonchev–Trinajstić information content (AvgIpc) is 2.57. The molecule has 1 aromatic carbocycles. The lowest BCUT2D eigenvalue weighted by atomic mass is 10.2. The molecule has 0 aliphatic carbocycles. The molecule has 0 amide bonds. The van der Waals surface area contributed by atoms with Crippen LogP contribution in [0.25, 0.3) is 11.0 Å². The first-order valence-electron chi connectivity index (χ1n) is 4.90. The van der Waals surface area contributed by atoms with Crippen molar-refractivity contribution in [3.8, 4) is 0 Å². The predicted molar refractivity (Wildman–Crippen MR) is 60.7 cm³/mol. The van der Waals surface area contributed by atoms with Gasteiger partial charge in [0.25, 0.3) is 10.1 Å². The predicted octanol–water partition coefficient (Wildman–Crippen LogP) is 1.51. The first-order valence-corrected chi connectivity index (χ1v) is 6.51. The monoisotopic (exact) mass is 240 g/mol. The minimum Gasteiger partial charge on any atom is -0.342 e. The molecule has 0 atom stereocenters. The summed E-state index contributed by atoms with van der Waals surface area (Å²) in [6.45, 7) is 1.98. The molecular formula is C10H12N2O3S. The van der Waals surface area contributed by atoms with Crippen LogP contribution in [-0.4, -0.2) is 22.9 Å². The van der Waals surface area contributed by atoms with Crippen molar-refractivity contribution in [2.24, 2.45) is 0 Å². The molecule has 0 fully saturated rings. The highest BCUT2D eigenvalue weighted by Crippen LogP contribution is 2.15. The van der Waals surface area contributed by atoms with E-state index in [4.69, 9.17) is 4.55 Å². The summed E-state index contributed by atoms with van der Waals surface area (Å²) in [6, 6.07) is 5.08. The van der Waals surface area contributed by atoms with Crippen molar-refractivity contribution in [1.29, 1.82) is 0 Å². The van der Waals surface area contributed by atoms with E-state index in [1.807, 2.05) is 6.92 Å². The Morgan fingerprint density at radius 2 is 2.19 bits per heavy atom. The van der Waals surface area contributed by atoms with Crippen LogP contribution in [0.2, 0.25) is 0 Å². The van der Waals surface area contributed by atoms with Crippen LogP contribution in [-0.2, 0) is 22.3 Å². The van der Waals surface area contributed by atoms with E-state index in [2.05, 4.69) is 9.97 Å². The van der Waals surface area contributed by atoms with E-state index in [9.17, 15) is 8.42 Å². The summed E-state index contributed by atoms with van der Waals surface area (Å²) in [4.78, 5) is 7.39. The summed E-state index contributed by atoms with van der Waals surface area (Å²) in [7, 11) is -3.98. The van der Waals surface area contributed by atoms with E-state index in [0.29, 0.717) is 5.56 Å². The fraction of sp³-hybridized carbons (Fsp3) is 0.300. The topological polar surface area (TPSA) is 83.1 Å². The maximum absolute atomic E-state index is 10.7. The highest BCUT2D eigenvalue weighted by molar-refractivity contribution is 7.85. The van der Waals surface area contributed by atoms with Gasteiger partial charge in [0.15, 0.2) is 0 Å². The smallest absolute Gasteiger partial charge is 0.269 e. The number of aromatic nitrogens is 2. The highest BCUT2D eigenvalue weighted by atomic mass is 32.2. The van der Waals surface area contributed by atoms with Crippen molar-refractivity contribution in [3.63, 3.8) is 0 Å². The normalized spacial score (nSPS) is 12.1. The van der Waals surface area contributed by atoms with Crippen LogP contribution in [0.5, 0.6) is 0 Å². The summed E-state index contributed by atoms with van der Waals surface area (Å²) in [5.74, 6) is 0.489. The molecule has 0 saturated carbocycles. The number of benzene rings is 1. The van der Waals surface area contributed by atoms with Crippen LogP contribution in [0.4, 0.5) is 0 Å². The van der Waals surface area contributed by atoms with Crippen molar-refractivity contribution < 1.29 is 13.0 Å². The molecule has 1 aromatic heterocycles. The Morgan fingerprint density at radius 1 is 1.44 bits per heavy atom. The SMILES string of the molecule is CCc1nc2ccc(CS(=O)(=O)O)cc2[nH]1. The Balaban J connectivity index is 2.43. The lowest BCUT2D eigenvalue weighted by molar-refractivity contribution is 0.482. The lowest BCUT2D eigenvalue weighted by Gasteiger charge is -1.97. The van der Waals surface area contributed by atoms with E-state index >= 15 is 0 Å². The number of hydrogen-bond acceptors (Lipinski definition) is 3. The third-order valence-corrected chi connectivity index (χ3v) is 2.98. The first-order chi connectivity index (χ1) is 7.48. The second-order valence-electron chi connectivity index (χ2n) is 3.61. The van der Waals surface area contributed by atoms with Gasteiger partial charge in [0.05, 0.1) is 11.0 Å². The number of hydrogen-bond donors (Lipinski definition) is 2. The molecule has 6 heteroatoms. The fourth-order valence-corrected chi connectivity index (χ4v) is 2.18. The fourth-order valence-electron chi connectivity index (χ4n) is 1.58. The van der Waals surface area contributed by atoms with Gasteiger partial charge >= 0.3 is 0 Å². The van der Waals surface area contributed by atoms with E-state index in [0.717, 1.165) is 23.3 Å². The van der Waals surface area contributed by atoms with Crippen LogP contribution in [0, 0.1) is 0 Å². The standard InChI is InChI=1S/C10H12N2O3S/c1-2-10-11-8-4-3-7(5-9(8)12-10)6-16(13,14)15/h3-5H,2,6H2,1H3,(H,11,12)(H,13,14,15). The molecule has 2 N–H and O–H groups in total. The average molecular weight is 240 g/mol. The molecule has 86 valence electrons. The van der Waals surface area contributed by atoms with Crippen molar-refractivity contribution in [2.45, 2.75) is 19.1 Å². The number of rotatable bonds is 3. The number of nitrogens with zero attached hydrogens (tertiary/aromatic N) is 1. The van der Waals surface area contributed by atoms with Crippen LogP contribution < -0.4 is 0 Å². The van der Waals surface area contributed by atoms with E-state index in [1.54, 1.807) is 18.2 Å². The quantitative estimate of drug-likeness (QED) is 0.797. The highest BCUT2D eigenvalue weighted by Gasteiger charge is 2.08. The number of aryl methyl sites for hydroxylation is 1. The molecule has 16 heavy (non-hydrogen) atoms. The van der Waals surface area contributed by atoms with Crippen molar-refractivity contribution >= 4 is 21.2 Å². The maximum atomic E-state index is 10.7. The van der Waals surface area contributed by atoms with Gasteiger partial charge in [0.1, 0.15) is 11.6 Å². The summed E-state index contributed by atoms with van der Waals surface area (Å²) in [6.07, 6.45) is 0.794. The number of nitrogens with one attached hydrogen (secondary N) is 1. The van der Waals surface area contributed by atoms with Crippen molar-refractivity contribution in [3.05, 3.63) is 29.6 Å². The summed E-state index contributed by atoms with van der Waals surface area (Å²) in [5, 5.41) is 0. The third kappa shape index (κ3) is 2.40. The summed E-state index contributed by atoms with van der Waals surface area (Å²) in [5.41, 5.74) is 2.13. The summed E-state index contributed by atoms with van der Waals surface area (Å²) < 4.78 is 30.2. The largest absolute Gasteiger partial charge is 0.342 e. The minimum absolute atomic E-state index is 0.372. The van der Waals surface area contributed by atoms with Gasteiger partial charge in [-0.3, -0.25) is 4.55 Å². The molecule has 0 spiro atoms. The molecule has 0 saturated heterocycles. The van der Waals surface area contributed by atoms with Gasteiger partial charge in [-0.1, -0.05) is 13.0 Å². The summed E-state index contributed by atoms with van der Waals surface area (Å²) >= 11 is 0. The van der Waals surface area contributed by atoms with Gasteiger partial charge in [-0.15, -0.1) is 0 Å². The Kier molecular flexibility index (Phi) is 2.69. The molecule has 0 bridgehead atoms. The number of H-pyrrole nitrogens is 1. The Morgan fingerprint density at radius 3 is 2.81 bits per heavy atom. The second-order valence-corrected chi connectivity index (χ2v) is 5.07. The number of imidazole rings is 1. The molecule has 0 unspecified atom stereocenters. The van der Waals surface area contributed by atoms with Gasteiger partial charge in [0.2, 0.25) is 0 Å². The van der Waals surface area contributed by atoms with Gasteiger partial charge in [-0.2, -0.15) is 8.42 Å². The molecule has 5 nitrogen and oxygen atoms in total. The van der Waals surface area contributed by atoms with E-state index < -0.39 is 10.1 Å².